The molecule has 1 aliphatic heterocycles. The average molecular weight is 241 g/mol. The van der Waals surface area contributed by atoms with Gasteiger partial charge in [-0.25, -0.2) is 0 Å². The molecule has 0 bridgehead atoms. The Hall–Kier alpha value is -1.57. The van der Waals surface area contributed by atoms with Crippen LogP contribution >= 0.6 is 0 Å². The highest BCUT2D eigenvalue weighted by Gasteiger charge is 2.55. The lowest BCUT2D eigenvalue weighted by atomic mass is 9.67. The van der Waals surface area contributed by atoms with Crippen LogP contribution < -0.4 is 0 Å². The zero-order valence-corrected chi connectivity index (χ0v) is 10.6. The lowest BCUT2D eigenvalue weighted by Gasteiger charge is -2.56. The van der Waals surface area contributed by atoms with E-state index in [1.54, 1.807) is 0 Å². The summed E-state index contributed by atoms with van der Waals surface area (Å²) in [6.07, 6.45) is 6.57. The molecule has 94 valence electrons. The highest BCUT2D eigenvalue weighted by atomic mass is 16.2. The lowest BCUT2D eigenvalue weighted by molar-refractivity contribution is -0.149. The zero-order chi connectivity index (χ0) is 12.6. The molecule has 1 aliphatic carbocycles. The van der Waals surface area contributed by atoms with Crippen molar-refractivity contribution in [3.05, 3.63) is 48.6 Å². The third-order valence-corrected chi connectivity index (χ3v) is 4.55. The van der Waals surface area contributed by atoms with Crippen molar-refractivity contribution in [3.8, 4) is 0 Å². The van der Waals surface area contributed by atoms with E-state index in [4.69, 9.17) is 0 Å². The van der Waals surface area contributed by atoms with E-state index in [0.717, 1.165) is 6.54 Å². The molecule has 1 aromatic carbocycles. The third kappa shape index (κ3) is 1.59. The second-order valence-corrected chi connectivity index (χ2v) is 5.55. The molecule has 0 aromatic heterocycles. The molecule has 2 fully saturated rings. The van der Waals surface area contributed by atoms with Crippen LogP contribution in [0.4, 0.5) is 0 Å². The van der Waals surface area contributed by atoms with Crippen LogP contribution in [0.2, 0.25) is 0 Å². The lowest BCUT2D eigenvalue weighted by Crippen LogP contribution is -2.59. The van der Waals surface area contributed by atoms with Gasteiger partial charge in [-0.05, 0) is 24.5 Å². The van der Waals surface area contributed by atoms with Crippen LogP contribution in [0.5, 0.6) is 0 Å². The largest absolute Gasteiger partial charge is 0.331 e. The zero-order valence-electron chi connectivity index (χ0n) is 10.6. The number of carbonyl (C=O) groups excluding carboxylic acids is 1. The van der Waals surface area contributed by atoms with E-state index in [1.807, 2.05) is 11.0 Å². The normalized spacial score (nSPS) is 24.9. The van der Waals surface area contributed by atoms with Crippen LogP contribution in [0.15, 0.2) is 43.0 Å². The van der Waals surface area contributed by atoms with Gasteiger partial charge in [-0.2, -0.15) is 0 Å². The molecule has 1 saturated heterocycles. The van der Waals surface area contributed by atoms with Gasteiger partial charge in [-0.15, -0.1) is 0 Å². The van der Waals surface area contributed by atoms with E-state index in [1.165, 1.54) is 37.3 Å². The second-order valence-electron chi connectivity index (χ2n) is 5.55. The first-order valence-corrected chi connectivity index (χ1v) is 6.75. The minimum atomic E-state index is 0.0707. The molecule has 1 atom stereocenters. The summed E-state index contributed by atoms with van der Waals surface area (Å²) in [6, 6.07) is 10.7. The average Bonchev–Trinajstić information content (AvgIpc) is 2.88. The summed E-state index contributed by atoms with van der Waals surface area (Å²) in [6.45, 7) is 4.53. The SMILES string of the molecule is C=CC(=O)N1CC2(CCCC2)C1c1ccccc1. The van der Waals surface area contributed by atoms with Crippen molar-refractivity contribution in [3.63, 3.8) is 0 Å². The van der Waals surface area contributed by atoms with E-state index in [0.29, 0.717) is 5.41 Å². The van der Waals surface area contributed by atoms with Crippen LogP contribution in [0.1, 0.15) is 37.3 Å². The number of benzene rings is 1. The van der Waals surface area contributed by atoms with Crippen molar-refractivity contribution < 1.29 is 4.79 Å². The number of hydrogen-bond donors (Lipinski definition) is 0. The summed E-state index contributed by atoms with van der Waals surface area (Å²) in [5.41, 5.74) is 1.63. The maximum Gasteiger partial charge on any atom is 0.246 e. The smallest absolute Gasteiger partial charge is 0.246 e. The molecule has 2 heteroatoms. The standard InChI is InChI=1S/C16H19NO/c1-2-14(18)17-12-16(10-6-7-11-16)15(17)13-8-4-3-5-9-13/h2-5,8-9,15H,1,6-7,10-12H2. The molecule has 3 rings (SSSR count). The Morgan fingerprint density at radius 3 is 2.56 bits per heavy atom. The van der Waals surface area contributed by atoms with E-state index < -0.39 is 0 Å². The fourth-order valence-corrected chi connectivity index (χ4v) is 3.74. The molecule has 2 nitrogen and oxygen atoms in total. The van der Waals surface area contributed by atoms with Gasteiger partial charge in [0.2, 0.25) is 5.91 Å². The number of rotatable bonds is 2. The summed E-state index contributed by atoms with van der Waals surface area (Å²) in [4.78, 5) is 13.9. The molecule has 1 aromatic rings. The van der Waals surface area contributed by atoms with Gasteiger partial charge in [0.1, 0.15) is 0 Å². The van der Waals surface area contributed by atoms with E-state index in [2.05, 4.69) is 30.8 Å². The van der Waals surface area contributed by atoms with Gasteiger partial charge >= 0.3 is 0 Å². The maximum absolute atomic E-state index is 11.9. The number of carbonyl (C=O) groups is 1. The van der Waals surface area contributed by atoms with Crippen LogP contribution in [0.25, 0.3) is 0 Å². The van der Waals surface area contributed by atoms with Crippen molar-refractivity contribution in [2.75, 3.05) is 6.54 Å². The fraction of sp³-hybridized carbons (Fsp3) is 0.438. The highest BCUT2D eigenvalue weighted by molar-refractivity contribution is 5.88. The molecule has 2 aliphatic rings. The Kier molecular flexibility index (Phi) is 2.73. The van der Waals surface area contributed by atoms with Crippen molar-refractivity contribution in [1.29, 1.82) is 0 Å². The summed E-state index contributed by atoms with van der Waals surface area (Å²) >= 11 is 0. The minimum Gasteiger partial charge on any atom is -0.331 e. The topological polar surface area (TPSA) is 20.3 Å². The Balaban J connectivity index is 1.93. The first kappa shape index (κ1) is 11.5. The Morgan fingerprint density at radius 1 is 1.28 bits per heavy atom. The van der Waals surface area contributed by atoms with Gasteiger partial charge < -0.3 is 4.90 Å². The van der Waals surface area contributed by atoms with Crippen LogP contribution in [-0.4, -0.2) is 17.4 Å². The molecule has 1 amide bonds. The van der Waals surface area contributed by atoms with Crippen LogP contribution in [-0.2, 0) is 4.79 Å². The summed E-state index contributed by atoms with van der Waals surface area (Å²) in [5.74, 6) is 0.0707. The summed E-state index contributed by atoms with van der Waals surface area (Å²) in [7, 11) is 0. The van der Waals surface area contributed by atoms with Gasteiger partial charge in [0.25, 0.3) is 0 Å². The van der Waals surface area contributed by atoms with Gasteiger partial charge in [0.05, 0.1) is 6.04 Å². The monoisotopic (exact) mass is 241 g/mol. The molecule has 0 radical (unpaired) electrons. The first-order chi connectivity index (χ1) is 8.77. The first-order valence-electron chi connectivity index (χ1n) is 6.75. The van der Waals surface area contributed by atoms with E-state index >= 15 is 0 Å². The van der Waals surface area contributed by atoms with E-state index in [-0.39, 0.29) is 11.9 Å². The second kappa shape index (κ2) is 4.27. The quantitative estimate of drug-likeness (QED) is 0.727. The Bertz CT molecular complexity index is 459. The summed E-state index contributed by atoms with van der Waals surface area (Å²) in [5, 5.41) is 0. The van der Waals surface area contributed by atoms with Gasteiger partial charge in [-0.1, -0.05) is 49.8 Å². The number of nitrogens with zero attached hydrogens (tertiary/aromatic N) is 1. The predicted octanol–water partition coefficient (Wildman–Crippen LogP) is 3.32. The predicted molar refractivity (Wildman–Crippen MR) is 72.0 cm³/mol. The highest BCUT2D eigenvalue weighted by Crippen LogP contribution is 2.58. The molecule has 18 heavy (non-hydrogen) atoms. The van der Waals surface area contributed by atoms with E-state index in [9.17, 15) is 4.79 Å². The molecule has 1 saturated carbocycles. The van der Waals surface area contributed by atoms with Crippen molar-refractivity contribution >= 4 is 5.91 Å². The number of likely N-dealkylation sites (tertiary alicyclic amines) is 1. The van der Waals surface area contributed by atoms with Crippen molar-refractivity contribution in [1.82, 2.24) is 4.90 Å². The Morgan fingerprint density at radius 2 is 1.94 bits per heavy atom. The molecule has 0 N–H and O–H groups in total. The molecular weight excluding hydrogens is 222 g/mol. The third-order valence-electron chi connectivity index (χ3n) is 4.55. The molecule has 1 heterocycles. The van der Waals surface area contributed by atoms with Gasteiger partial charge in [0, 0.05) is 12.0 Å². The van der Waals surface area contributed by atoms with Gasteiger partial charge in [-0.3, -0.25) is 4.79 Å². The Labute approximate surface area is 108 Å². The fourth-order valence-electron chi connectivity index (χ4n) is 3.74. The van der Waals surface area contributed by atoms with Gasteiger partial charge in [0.15, 0.2) is 0 Å². The molecule has 1 unspecified atom stereocenters. The number of hydrogen-bond acceptors (Lipinski definition) is 1. The maximum atomic E-state index is 11.9. The molecular formula is C16H19NO. The molecule has 1 spiro atoms. The summed E-state index contributed by atoms with van der Waals surface area (Å²) < 4.78 is 0. The van der Waals surface area contributed by atoms with Crippen molar-refractivity contribution in [2.45, 2.75) is 31.7 Å². The minimum absolute atomic E-state index is 0.0707. The number of amides is 1. The van der Waals surface area contributed by atoms with Crippen LogP contribution in [0, 0.1) is 5.41 Å². The van der Waals surface area contributed by atoms with Crippen LogP contribution in [0.3, 0.4) is 0 Å². The van der Waals surface area contributed by atoms with Crippen molar-refractivity contribution in [2.24, 2.45) is 5.41 Å².